The summed E-state index contributed by atoms with van der Waals surface area (Å²) in [6, 6.07) is 8.27. The normalized spacial score (nSPS) is 21.1. The van der Waals surface area contributed by atoms with Crippen LogP contribution in [0.3, 0.4) is 0 Å². The minimum absolute atomic E-state index is 0.492. The summed E-state index contributed by atoms with van der Waals surface area (Å²) in [7, 11) is 0. The molecule has 72 valence electrons. The zero-order valence-electron chi connectivity index (χ0n) is 8.21. The van der Waals surface area contributed by atoms with Crippen LogP contribution in [0.1, 0.15) is 24.2 Å². The highest BCUT2D eigenvalue weighted by Crippen LogP contribution is 2.32. The number of nitrogens with one attached hydrogen (secondary N) is 1. The number of rotatable bonds is 0. The first-order valence-corrected chi connectivity index (χ1v) is 5.07. The SMILES string of the molecule is C[C@@H]1CNCc2c1oc1ccccc21. The molecule has 0 radical (unpaired) electrons. The highest BCUT2D eigenvalue weighted by Gasteiger charge is 2.22. The van der Waals surface area contributed by atoms with Crippen LogP contribution in [-0.4, -0.2) is 6.54 Å². The van der Waals surface area contributed by atoms with Crippen molar-refractivity contribution in [3.05, 3.63) is 35.6 Å². The van der Waals surface area contributed by atoms with E-state index in [1.165, 1.54) is 16.7 Å². The molecule has 14 heavy (non-hydrogen) atoms. The first-order chi connectivity index (χ1) is 6.86. The van der Waals surface area contributed by atoms with Crippen LogP contribution in [0.2, 0.25) is 0 Å². The van der Waals surface area contributed by atoms with E-state index >= 15 is 0 Å². The lowest BCUT2D eigenvalue weighted by molar-refractivity contribution is 0.451. The predicted molar refractivity (Wildman–Crippen MR) is 56.3 cm³/mol. The van der Waals surface area contributed by atoms with Crippen LogP contribution >= 0.6 is 0 Å². The third-order valence-corrected chi connectivity index (χ3v) is 2.93. The van der Waals surface area contributed by atoms with E-state index in [0.29, 0.717) is 5.92 Å². The Kier molecular flexibility index (Phi) is 1.64. The van der Waals surface area contributed by atoms with Gasteiger partial charge in [0.15, 0.2) is 0 Å². The molecule has 0 saturated heterocycles. The maximum Gasteiger partial charge on any atom is 0.134 e. The second-order valence-electron chi connectivity index (χ2n) is 3.97. The molecular formula is C12H13NO. The molecule has 2 nitrogen and oxygen atoms in total. The molecule has 0 unspecified atom stereocenters. The lowest BCUT2D eigenvalue weighted by Gasteiger charge is -2.17. The summed E-state index contributed by atoms with van der Waals surface area (Å²) < 4.78 is 5.86. The van der Waals surface area contributed by atoms with Gasteiger partial charge in [-0.3, -0.25) is 0 Å². The van der Waals surface area contributed by atoms with Crippen LogP contribution in [0.25, 0.3) is 11.0 Å². The van der Waals surface area contributed by atoms with Gasteiger partial charge in [-0.2, -0.15) is 0 Å². The smallest absolute Gasteiger partial charge is 0.134 e. The first-order valence-electron chi connectivity index (χ1n) is 5.07. The summed E-state index contributed by atoms with van der Waals surface area (Å²) >= 11 is 0. The van der Waals surface area contributed by atoms with Crippen molar-refractivity contribution in [3.63, 3.8) is 0 Å². The molecule has 0 fully saturated rings. The minimum atomic E-state index is 0.492. The van der Waals surface area contributed by atoms with Gasteiger partial charge < -0.3 is 9.73 Å². The maximum absolute atomic E-state index is 5.86. The van der Waals surface area contributed by atoms with E-state index in [0.717, 1.165) is 18.7 Å². The van der Waals surface area contributed by atoms with Crippen LogP contribution in [-0.2, 0) is 6.54 Å². The van der Waals surface area contributed by atoms with Crippen molar-refractivity contribution in [2.75, 3.05) is 6.54 Å². The van der Waals surface area contributed by atoms with Crippen molar-refractivity contribution in [1.29, 1.82) is 0 Å². The predicted octanol–water partition coefficient (Wildman–Crippen LogP) is 2.64. The van der Waals surface area contributed by atoms with Crippen LogP contribution in [0.15, 0.2) is 28.7 Å². The molecule has 0 aliphatic carbocycles. The molecule has 0 bridgehead atoms. The Labute approximate surface area is 82.9 Å². The lowest BCUT2D eigenvalue weighted by Crippen LogP contribution is -2.25. The van der Waals surface area contributed by atoms with Gasteiger partial charge in [-0.15, -0.1) is 0 Å². The Balaban J connectivity index is 2.32. The average Bonchev–Trinajstić information content (AvgIpc) is 2.59. The topological polar surface area (TPSA) is 25.2 Å². The van der Waals surface area contributed by atoms with Crippen molar-refractivity contribution in [2.24, 2.45) is 0 Å². The van der Waals surface area contributed by atoms with Gasteiger partial charge in [0.1, 0.15) is 11.3 Å². The van der Waals surface area contributed by atoms with E-state index in [-0.39, 0.29) is 0 Å². The van der Waals surface area contributed by atoms with Gasteiger partial charge in [-0.25, -0.2) is 0 Å². The molecule has 1 aliphatic rings. The van der Waals surface area contributed by atoms with Crippen molar-refractivity contribution >= 4 is 11.0 Å². The summed E-state index contributed by atoms with van der Waals surface area (Å²) in [5, 5.41) is 4.67. The van der Waals surface area contributed by atoms with Crippen molar-refractivity contribution < 1.29 is 4.42 Å². The van der Waals surface area contributed by atoms with E-state index in [1.54, 1.807) is 0 Å². The van der Waals surface area contributed by atoms with Gasteiger partial charge >= 0.3 is 0 Å². The number of furan rings is 1. The van der Waals surface area contributed by atoms with Crippen LogP contribution < -0.4 is 5.32 Å². The molecule has 1 atom stereocenters. The highest BCUT2D eigenvalue weighted by molar-refractivity contribution is 5.82. The minimum Gasteiger partial charge on any atom is -0.460 e. The summed E-state index contributed by atoms with van der Waals surface area (Å²) in [4.78, 5) is 0. The van der Waals surface area contributed by atoms with Gasteiger partial charge in [0.25, 0.3) is 0 Å². The van der Waals surface area contributed by atoms with Crippen molar-refractivity contribution in [1.82, 2.24) is 5.32 Å². The summed E-state index contributed by atoms with van der Waals surface area (Å²) in [6.45, 7) is 4.16. The standard InChI is InChI=1S/C12H13NO/c1-8-6-13-7-10-9-4-2-3-5-11(9)14-12(8)10/h2-5,8,13H,6-7H2,1H3/t8-/m1/s1. The summed E-state index contributed by atoms with van der Waals surface area (Å²) in [6.07, 6.45) is 0. The Morgan fingerprint density at radius 3 is 3.14 bits per heavy atom. The second kappa shape index (κ2) is 2.85. The first kappa shape index (κ1) is 8.06. The number of para-hydroxylation sites is 1. The highest BCUT2D eigenvalue weighted by atomic mass is 16.3. The van der Waals surface area contributed by atoms with Gasteiger partial charge in [0.2, 0.25) is 0 Å². The van der Waals surface area contributed by atoms with Crippen molar-refractivity contribution in [2.45, 2.75) is 19.4 Å². The van der Waals surface area contributed by atoms with Gasteiger partial charge in [0, 0.05) is 30.0 Å². The Morgan fingerprint density at radius 1 is 1.36 bits per heavy atom. The Bertz CT molecular complexity index is 472. The third-order valence-electron chi connectivity index (χ3n) is 2.93. The molecule has 1 aromatic heterocycles. The zero-order chi connectivity index (χ0) is 9.54. The molecule has 0 saturated carbocycles. The lowest BCUT2D eigenvalue weighted by atomic mass is 9.99. The second-order valence-corrected chi connectivity index (χ2v) is 3.97. The molecule has 2 heteroatoms. The van der Waals surface area contributed by atoms with Crippen LogP contribution in [0, 0.1) is 0 Å². The number of hydrogen-bond acceptors (Lipinski definition) is 2. The van der Waals surface area contributed by atoms with Gasteiger partial charge in [0.05, 0.1) is 0 Å². The monoisotopic (exact) mass is 187 g/mol. The summed E-state index contributed by atoms with van der Waals surface area (Å²) in [5.41, 5.74) is 2.37. The largest absolute Gasteiger partial charge is 0.460 e. The fourth-order valence-electron chi connectivity index (χ4n) is 2.20. The third kappa shape index (κ3) is 1.01. The molecule has 1 N–H and O–H groups in total. The van der Waals surface area contributed by atoms with E-state index < -0.39 is 0 Å². The van der Waals surface area contributed by atoms with Gasteiger partial charge in [-0.05, 0) is 6.07 Å². The maximum atomic E-state index is 5.86. The van der Waals surface area contributed by atoms with E-state index in [4.69, 9.17) is 4.42 Å². The number of hydrogen-bond donors (Lipinski definition) is 1. The van der Waals surface area contributed by atoms with Gasteiger partial charge in [-0.1, -0.05) is 25.1 Å². The Hall–Kier alpha value is -1.28. The number of benzene rings is 1. The molecule has 1 aliphatic heterocycles. The Morgan fingerprint density at radius 2 is 2.21 bits per heavy atom. The van der Waals surface area contributed by atoms with E-state index in [9.17, 15) is 0 Å². The fraction of sp³-hybridized carbons (Fsp3) is 0.333. The van der Waals surface area contributed by atoms with E-state index in [1.807, 2.05) is 12.1 Å². The quantitative estimate of drug-likeness (QED) is 0.686. The van der Waals surface area contributed by atoms with Crippen molar-refractivity contribution in [3.8, 4) is 0 Å². The zero-order valence-corrected chi connectivity index (χ0v) is 8.21. The fourth-order valence-corrected chi connectivity index (χ4v) is 2.20. The molecule has 3 rings (SSSR count). The molecule has 2 heterocycles. The molecule has 0 amide bonds. The average molecular weight is 187 g/mol. The number of fused-ring (bicyclic) bond motifs is 3. The molecule has 1 aromatic carbocycles. The molecule has 0 spiro atoms. The molecule has 2 aromatic rings. The summed E-state index contributed by atoms with van der Waals surface area (Å²) in [5.74, 6) is 1.66. The van der Waals surface area contributed by atoms with Crippen LogP contribution in [0.5, 0.6) is 0 Å². The van der Waals surface area contributed by atoms with E-state index in [2.05, 4.69) is 24.4 Å². The van der Waals surface area contributed by atoms with Crippen LogP contribution in [0.4, 0.5) is 0 Å². The molecular weight excluding hydrogens is 174 g/mol.